The van der Waals surface area contributed by atoms with Crippen LogP contribution in [0.3, 0.4) is 0 Å². The molecule has 0 amide bonds. The standard InChI is InChI=1S/C15H22/c1-4-11-10-12-8-7-9-15(12)14(6-3)13(11)5-2/h10H,4-9H2,1-3H3. The molecule has 0 saturated heterocycles. The highest BCUT2D eigenvalue weighted by molar-refractivity contribution is 5.48. The smallest absolute Gasteiger partial charge is 0.0270 e. The van der Waals surface area contributed by atoms with Crippen molar-refractivity contribution in [2.75, 3.05) is 0 Å². The molecule has 0 unspecified atom stereocenters. The fourth-order valence-corrected chi connectivity index (χ4v) is 3.13. The summed E-state index contributed by atoms with van der Waals surface area (Å²) in [5, 5.41) is 0. The van der Waals surface area contributed by atoms with Gasteiger partial charge in [-0.2, -0.15) is 0 Å². The van der Waals surface area contributed by atoms with E-state index in [1.165, 1.54) is 38.5 Å². The summed E-state index contributed by atoms with van der Waals surface area (Å²) in [5.74, 6) is 0. The molecule has 1 aliphatic rings. The van der Waals surface area contributed by atoms with Crippen molar-refractivity contribution in [3.8, 4) is 0 Å². The van der Waals surface area contributed by atoms with Crippen LogP contribution in [0.2, 0.25) is 0 Å². The van der Waals surface area contributed by atoms with Crippen LogP contribution in [0.5, 0.6) is 0 Å². The molecule has 0 radical (unpaired) electrons. The lowest BCUT2D eigenvalue weighted by molar-refractivity contribution is 0.901. The largest absolute Gasteiger partial charge is 0.0613 e. The van der Waals surface area contributed by atoms with Gasteiger partial charge in [-0.15, -0.1) is 0 Å². The third-order valence-corrected chi connectivity index (χ3v) is 3.81. The van der Waals surface area contributed by atoms with Gasteiger partial charge in [0.25, 0.3) is 0 Å². The Balaban J connectivity index is 2.61. The second-order valence-corrected chi connectivity index (χ2v) is 4.54. The lowest BCUT2D eigenvalue weighted by Gasteiger charge is -2.16. The summed E-state index contributed by atoms with van der Waals surface area (Å²) in [5.41, 5.74) is 8.30. The van der Waals surface area contributed by atoms with E-state index in [9.17, 15) is 0 Å². The van der Waals surface area contributed by atoms with E-state index in [1.54, 1.807) is 27.8 Å². The molecule has 0 heterocycles. The highest BCUT2D eigenvalue weighted by atomic mass is 14.2. The second-order valence-electron chi connectivity index (χ2n) is 4.54. The first-order chi connectivity index (χ1) is 7.31. The van der Waals surface area contributed by atoms with Crippen molar-refractivity contribution < 1.29 is 0 Å². The third-order valence-electron chi connectivity index (χ3n) is 3.81. The lowest BCUT2D eigenvalue weighted by Crippen LogP contribution is -2.03. The van der Waals surface area contributed by atoms with Gasteiger partial charge in [-0.05, 0) is 66.3 Å². The van der Waals surface area contributed by atoms with Gasteiger partial charge in [0.15, 0.2) is 0 Å². The molecule has 1 aromatic rings. The zero-order chi connectivity index (χ0) is 10.8. The number of hydrogen-bond donors (Lipinski definition) is 0. The first-order valence-electron chi connectivity index (χ1n) is 6.47. The van der Waals surface area contributed by atoms with Gasteiger partial charge >= 0.3 is 0 Å². The third kappa shape index (κ3) is 1.71. The Morgan fingerprint density at radius 1 is 0.933 bits per heavy atom. The van der Waals surface area contributed by atoms with E-state index in [0.717, 1.165) is 0 Å². The Morgan fingerprint density at radius 2 is 1.67 bits per heavy atom. The van der Waals surface area contributed by atoms with E-state index in [4.69, 9.17) is 0 Å². The van der Waals surface area contributed by atoms with Crippen LogP contribution < -0.4 is 0 Å². The van der Waals surface area contributed by atoms with E-state index < -0.39 is 0 Å². The average Bonchev–Trinajstić information content (AvgIpc) is 2.73. The molecule has 0 atom stereocenters. The first kappa shape index (κ1) is 10.7. The molecule has 15 heavy (non-hydrogen) atoms. The molecule has 0 fully saturated rings. The van der Waals surface area contributed by atoms with Gasteiger partial charge in [0, 0.05) is 0 Å². The maximum absolute atomic E-state index is 2.49. The van der Waals surface area contributed by atoms with Gasteiger partial charge in [-0.25, -0.2) is 0 Å². The van der Waals surface area contributed by atoms with E-state index in [2.05, 4.69) is 26.8 Å². The van der Waals surface area contributed by atoms with Gasteiger partial charge in [0.2, 0.25) is 0 Å². The molecular formula is C15H22. The first-order valence-corrected chi connectivity index (χ1v) is 6.47. The fraction of sp³-hybridized carbons (Fsp3) is 0.600. The molecule has 0 spiro atoms. The number of benzene rings is 1. The maximum atomic E-state index is 2.49. The minimum atomic E-state index is 1.20. The zero-order valence-electron chi connectivity index (χ0n) is 10.3. The molecule has 0 nitrogen and oxygen atoms in total. The molecule has 0 heteroatoms. The van der Waals surface area contributed by atoms with E-state index in [0.29, 0.717) is 0 Å². The summed E-state index contributed by atoms with van der Waals surface area (Å²) in [7, 11) is 0. The summed E-state index contributed by atoms with van der Waals surface area (Å²) in [4.78, 5) is 0. The van der Waals surface area contributed by atoms with Gasteiger partial charge < -0.3 is 0 Å². The highest BCUT2D eigenvalue weighted by Crippen LogP contribution is 2.31. The van der Waals surface area contributed by atoms with Gasteiger partial charge in [-0.3, -0.25) is 0 Å². The van der Waals surface area contributed by atoms with Crippen LogP contribution in [0, 0.1) is 0 Å². The Bertz CT molecular complexity index is 361. The lowest BCUT2D eigenvalue weighted by atomic mass is 9.89. The molecule has 1 aliphatic carbocycles. The number of rotatable bonds is 3. The Morgan fingerprint density at radius 3 is 2.27 bits per heavy atom. The number of aryl methyl sites for hydroxylation is 2. The quantitative estimate of drug-likeness (QED) is 0.698. The van der Waals surface area contributed by atoms with Crippen LogP contribution in [0.1, 0.15) is 55.0 Å². The minimum Gasteiger partial charge on any atom is -0.0613 e. The van der Waals surface area contributed by atoms with Crippen LogP contribution >= 0.6 is 0 Å². The molecule has 0 bridgehead atoms. The molecule has 1 aromatic carbocycles. The van der Waals surface area contributed by atoms with E-state index >= 15 is 0 Å². The van der Waals surface area contributed by atoms with Crippen LogP contribution in [0.15, 0.2) is 6.07 Å². The molecule has 82 valence electrons. The van der Waals surface area contributed by atoms with Crippen molar-refractivity contribution in [3.63, 3.8) is 0 Å². The van der Waals surface area contributed by atoms with Crippen molar-refractivity contribution in [2.24, 2.45) is 0 Å². The van der Waals surface area contributed by atoms with Crippen LogP contribution in [0.4, 0.5) is 0 Å². The Labute approximate surface area is 93.7 Å². The average molecular weight is 202 g/mol. The van der Waals surface area contributed by atoms with Gasteiger partial charge in [0.05, 0.1) is 0 Å². The SMILES string of the molecule is CCc1cc2c(c(CC)c1CC)CCC2. The van der Waals surface area contributed by atoms with Crippen LogP contribution in [0.25, 0.3) is 0 Å². The normalized spacial score (nSPS) is 14.3. The number of fused-ring (bicyclic) bond motifs is 1. The molecule has 2 rings (SSSR count). The van der Waals surface area contributed by atoms with E-state index in [-0.39, 0.29) is 0 Å². The highest BCUT2D eigenvalue weighted by Gasteiger charge is 2.18. The molecule has 0 saturated carbocycles. The summed E-state index contributed by atoms with van der Waals surface area (Å²) < 4.78 is 0. The summed E-state index contributed by atoms with van der Waals surface area (Å²) >= 11 is 0. The summed E-state index contributed by atoms with van der Waals surface area (Å²) in [6, 6.07) is 2.49. The fourth-order valence-electron chi connectivity index (χ4n) is 3.13. The van der Waals surface area contributed by atoms with Crippen LogP contribution in [-0.2, 0) is 32.1 Å². The predicted octanol–water partition coefficient (Wildman–Crippen LogP) is 3.86. The van der Waals surface area contributed by atoms with Crippen molar-refractivity contribution in [2.45, 2.75) is 59.3 Å². The maximum Gasteiger partial charge on any atom is -0.0270 e. The zero-order valence-corrected chi connectivity index (χ0v) is 10.3. The molecular weight excluding hydrogens is 180 g/mol. The number of hydrogen-bond acceptors (Lipinski definition) is 0. The topological polar surface area (TPSA) is 0 Å². The second kappa shape index (κ2) is 4.38. The summed E-state index contributed by atoms with van der Waals surface area (Å²) in [6.07, 6.45) is 7.65. The van der Waals surface area contributed by atoms with E-state index in [1.807, 2.05) is 0 Å². The summed E-state index contributed by atoms with van der Waals surface area (Å²) in [6.45, 7) is 6.90. The van der Waals surface area contributed by atoms with Crippen LogP contribution in [-0.4, -0.2) is 0 Å². The predicted molar refractivity (Wildman–Crippen MR) is 66.6 cm³/mol. The van der Waals surface area contributed by atoms with Crippen molar-refractivity contribution >= 4 is 0 Å². The van der Waals surface area contributed by atoms with Crippen molar-refractivity contribution in [3.05, 3.63) is 33.9 Å². The van der Waals surface area contributed by atoms with Gasteiger partial charge in [0.1, 0.15) is 0 Å². The Kier molecular flexibility index (Phi) is 3.14. The van der Waals surface area contributed by atoms with Gasteiger partial charge in [-0.1, -0.05) is 26.8 Å². The van der Waals surface area contributed by atoms with Crippen molar-refractivity contribution in [1.82, 2.24) is 0 Å². The molecule has 0 aliphatic heterocycles. The Hall–Kier alpha value is -0.780. The molecule has 0 N–H and O–H groups in total. The monoisotopic (exact) mass is 202 g/mol. The minimum absolute atomic E-state index is 1.20. The van der Waals surface area contributed by atoms with Crippen molar-refractivity contribution in [1.29, 1.82) is 0 Å². The molecule has 0 aromatic heterocycles.